The van der Waals surface area contributed by atoms with Crippen molar-refractivity contribution in [3.8, 4) is 5.75 Å². The van der Waals surface area contributed by atoms with Gasteiger partial charge in [0.2, 0.25) is 0 Å². The molecule has 94 valence electrons. The van der Waals surface area contributed by atoms with E-state index in [2.05, 4.69) is 15.9 Å². The van der Waals surface area contributed by atoms with Crippen LogP contribution >= 0.6 is 15.9 Å². The summed E-state index contributed by atoms with van der Waals surface area (Å²) in [4.78, 5) is 0.734. The molecule has 1 saturated heterocycles. The second kappa shape index (κ2) is 5.98. The summed E-state index contributed by atoms with van der Waals surface area (Å²) in [6, 6.07) is 5.56. The zero-order chi connectivity index (χ0) is 12.3. The van der Waals surface area contributed by atoms with Gasteiger partial charge in [0.05, 0.1) is 34.7 Å². The summed E-state index contributed by atoms with van der Waals surface area (Å²) in [7, 11) is 0.518. The van der Waals surface area contributed by atoms with Gasteiger partial charge in [0.25, 0.3) is 0 Å². The Morgan fingerprint density at radius 2 is 2.41 bits per heavy atom. The average Bonchev–Trinajstić information content (AvgIpc) is 2.81. The number of benzene rings is 1. The highest BCUT2D eigenvalue weighted by Gasteiger charge is 2.21. The van der Waals surface area contributed by atoms with E-state index in [1.807, 2.05) is 18.2 Å². The Balaban J connectivity index is 2.14. The van der Waals surface area contributed by atoms with Crippen LogP contribution in [-0.4, -0.2) is 29.8 Å². The van der Waals surface area contributed by atoms with Crippen LogP contribution < -0.4 is 4.74 Å². The maximum Gasteiger partial charge on any atom is 0.135 e. The van der Waals surface area contributed by atoms with Crippen LogP contribution in [0.15, 0.2) is 27.6 Å². The normalized spacial score (nSPS) is 21.4. The van der Waals surface area contributed by atoms with Gasteiger partial charge in [-0.3, -0.25) is 4.21 Å². The first-order valence-electron chi connectivity index (χ1n) is 5.54. The van der Waals surface area contributed by atoms with Crippen LogP contribution in [0.4, 0.5) is 0 Å². The minimum absolute atomic E-state index is 0.125. The van der Waals surface area contributed by atoms with E-state index in [0.717, 1.165) is 28.8 Å². The van der Waals surface area contributed by atoms with Crippen LogP contribution in [0, 0.1) is 0 Å². The van der Waals surface area contributed by atoms with Crippen molar-refractivity contribution < 1.29 is 13.7 Å². The van der Waals surface area contributed by atoms with Crippen LogP contribution in [0.5, 0.6) is 5.75 Å². The van der Waals surface area contributed by atoms with Crippen molar-refractivity contribution in [1.29, 1.82) is 0 Å². The summed E-state index contributed by atoms with van der Waals surface area (Å²) in [5.74, 6) is 1.22. The minimum atomic E-state index is -1.07. The standard InChI is InChI=1S/C12H15BrO3S/c1-15-11-5-4-9(13)7-12(11)17(14)8-10-3-2-6-16-10/h4-5,7,10H,2-3,6,8H2,1H3/t10-,17+/m1/s1. The molecule has 17 heavy (non-hydrogen) atoms. The molecule has 2 atom stereocenters. The predicted molar refractivity (Wildman–Crippen MR) is 70.9 cm³/mol. The third-order valence-electron chi connectivity index (χ3n) is 2.73. The Hall–Kier alpha value is -0.390. The minimum Gasteiger partial charge on any atom is -0.495 e. The molecule has 1 fully saturated rings. The molecule has 0 unspecified atom stereocenters. The third-order valence-corrected chi connectivity index (χ3v) is 4.71. The quantitative estimate of drug-likeness (QED) is 0.856. The summed E-state index contributed by atoms with van der Waals surface area (Å²) in [5.41, 5.74) is 0. The van der Waals surface area contributed by atoms with Crippen molar-refractivity contribution in [1.82, 2.24) is 0 Å². The second-order valence-electron chi connectivity index (χ2n) is 3.94. The molecular formula is C12H15BrO3S. The Labute approximate surface area is 112 Å². The molecule has 3 nitrogen and oxygen atoms in total. The van der Waals surface area contributed by atoms with Crippen molar-refractivity contribution in [2.24, 2.45) is 0 Å². The van der Waals surface area contributed by atoms with Crippen LogP contribution in [0.3, 0.4) is 0 Å². The lowest BCUT2D eigenvalue weighted by Crippen LogP contribution is -2.16. The van der Waals surface area contributed by atoms with Crippen molar-refractivity contribution >= 4 is 26.7 Å². The smallest absolute Gasteiger partial charge is 0.135 e. The Morgan fingerprint density at radius 3 is 3.06 bits per heavy atom. The lowest BCUT2D eigenvalue weighted by Gasteiger charge is -2.12. The molecule has 1 aliphatic heterocycles. The summed E-state index contributed by atoms with van der Waals surface area (Å²) in [6.07, 6.45) is 2.19. The molecule has 0 amide bonds. The van der Waals surface area contributed by atoms with Gasteiger partial charge in [-0.2, -0.15) is 0 Å². The van der Waals surface area contributed by atoms with E-state index >= 15 is 0 Å². The molecule has 0 spiro atoms. The largest absolute Gasteiger partial charge is 0.495 e. The molecule has 0 aliphatic carbocycles. The monoisotopic (exact) mass is 318 g/mol. The average molecular weight is 319 g/mol. The van der Waals surface area contributed by atoms with Gasteiger partial charge in [0.15, 0.2) is 0 Å². The maximum absolute atomic E-state index is 12.3. The second-order valence-corrected chi connectivity index (χ2v) is 6.32. The van der Waals surface area contributed by atoms with E-state index in [1.165, 1.54) is 0 Å². The zero-order valence-corrected chi connectivity index (χ0v) is 12.1. The molecule has 0 aromatic heterocycles. The topological polar surface area (TPSA) is 35.5 Å². The number of rotatable bonds is 4. The van der Waals surface area contributed by atoms with Gasteiger partial charge in [-0.05, 0) is 31.0 Å². The van der Waals surface area contributed by atoms with Crippen molar-refractivity contribution in [3.05, 3.63) is 22.7 Å². The Kier molecular flexibility index (Phi) is 4.59. The highest BCUT2D eigenvalue weighted by molar-refractivity contribution is 9.10. The van der Waals surface area contributed by atoms with Crippen molar-refractivity contribution in [2.45, 2.75) is 23.8 Å². The zero-order valence-electron chi connectivity index (χ0n) is 9.65. The molecule has 1 aromatic rings. The van der Waals surface area contributed by atoms with E-state index in [4.69, 9.17) is 9.47 Å². The van der Waals surface area contributed by atoms with Crippen molar-refractivity contribution in [3.63, 3.8) is 0 Å². The fourth-order valence-corrected chi connectivity index (χ4v) is 3.79. The van der Waals surface area contributed by atoms with Gasteiger partial charge in [-0.15, -0.1) is 0 Å². The molecule has 2 rings (SSSR count). The molecular weight excluding hydrogens is 304 g/mol. The maximum atomic E-state index is 12.3. The number of hydrogen-bond acceptors (Lipinski definition) is 3. The summed E-state index contributed by atoms with van der Waals surface area (Å²) < 4.78 is 23.9. The molecule has 0 bridgehead atoms. The van der Waals surface area contributed by atoms with Crippen molar-refractivity contribution in [2.75, 3.05) is 19.5 Å². The van der Waals surface area contributed by atoms with Gasteiger partial charge in [0, 0.05) is 11.1 Å². The number of ether oxygens (including phenoxy) is 2. The molecule has 1 aromatic carbocycles. The molecule has 0 radical (unpaired) electrons. The summed E-state index contributed by atoms with van der Waals surface area (Å²) in [5, 5.41) is 0. The summed E-state index contributed by atoms with van der Waals surface area (Å²) in [6.45, 7) is 0.789. The van der Waals surface area contributed by atoms with E-state index in [1.54, 1.807) is 7.11 Å². The first kappa shape index (κ1) is 13.1. The molecule has 0 N–H and O–H groups in total. The van der Waals surface area contributed by atoms with E-state index in [0.29, 0.717) is 11.5 Å². The predicted octanol–water partition coefficient (Wildman–Crippen LogP) is 2.74. The lowest BCUT2D eigenvalue weighted by atomic mass is 10.3. The molecule has 0 saturated carbocycles. The van der Waals surface area contributed by atoms with Crippen LogP contribution in [0.2, 0.25) is 0 Å². The first-order chi connectivity index (χ1) is 8.20. The highest BCUT2D eigenvalue weighted by Crippen LogP contribution is 2.27. The fourth-order valence-electron chi connectivity index (χ4n) is 1.86. The molecule has 5 heteroatoms. The number of halogens is 1. The third kappa shape index (κ3) is 3.30. The SMILES string of the molecule is COc1ccc(Br)cc1[S@@](=O)C[C@H]1CCCO1. The van der Waals surface area contributed by atoms with Crippen LogP contribution in [0.25, 0.3) is 0 Å². The number of methoxy groups -OCH3 is 1. The molecule has 1 aliphatic rings. The fraction of sp³-hybridized carbons (Fsp3) is 0.500. The number of hydrogen-bond donors (Lipinski definition) is 0. The van der Waals surface area contributed by atoms with E-state index in [9.17, 15) is 4.21 Å². The lowest BCUT2D eigenvalue weighted by molar-refractivity contribution is 0.128. The van der Waals surface area contributed by atoms with Gasteiger partial charge in [0.1, 0.15) is 5.75 Å². The first-order valence-corrected chi connectivity index (χ1v) is 7.65. The van der Waals surface area contributed by atoms with Crippen LogP contribution in [-0.2, 0) is 15.5 Å². The van der Waals surface area contributed by atoms with Gasteiger partial charge >= 0.3 is 0 Å². The van der Waals surface area contributed by atoms with E-state index in [-0.39, 0.29) is 6.10 Å². The van der Waals surface area contributed by atoms with Crippen LogP contribution in [0.1, 0.15) is 12.8 Å². The van der Waals surface area contributed by atoms with Gasteiger partial charge in [-0.25, -0.2) is 0 Å². The highest BCUT2D eigenvalue weighted by atomic mass is 79.9. The Morgan fingerprint density at radius 1 is 1.59 bits per heavy atom. The summed E-state index contributed by atoms with van der Waals surface area (Å²) >= 11 is 3.39. The van der Waals surface area contributed by atoms with E-state index < -0.39 is 10.8 Å². The van der Waals surface area contributed by atoms with Gasteiger partial charge in [-0.1, -0.05) is 15.9 Å². The Bertz CT molecular complexity index is 416. The molecule has 1 heterocycles. The van der Waals surface area contributed by atoms with Gasteiger partial charge < -0.3 is 9.47 Å².